The van der Waals surface area contributed by atoms with Gasteiger partial charge in [0.05, 0.1) is 6.54 Å². The number of benzene rings is 1. The van der Waals surface area contributed by atoms with Crippen molar-refractivity contribution in [2.45, 2.75) is 6.54 Å². The van der Waals surface area contributed by atoms with Gasteiger partial charge in [-0.25, -0.2) is 4.39 Å². The molecule has 10 nitrogen and oxygen atoms in total. The standard InChI is InChI=1S/C21H29FN4O6/c22-18-4-2-1-3-17(18)13-23-5-7-24(14-19(27)28)9-11-26(16-21(31)32)12-10-25(8-6-23)15-20(29)30/h1-4,9,11H,5-8,10,12-16H2,(H,27,28)(H,29,30)(H,31,32)/b11-9-. The molecule has 0 spiro atoms. The van der Waals surface area contributed by atoms with E-state index in [1.807, 2.05) is 4.90 Å². The molecule has 1 aromatic carbocycles. The Hall–Kier alpha value is -3.18. The molecule has 1 aromatic rings. The normalized spacial score (nSPS) is 17.9. The molecule has 0 saturated carbocycles. The van der Waals surface area contributed by atoms with Crippen molar-refractivity contribution in [2.75, 3.05) is 58.9 Å². The van der Waals surface area contributed by atoms with Gasteiger partial charge in [-0.2, -0.15) is 0 Å². The number of halogens is 1. The van der Waals surface area contributed by atoms with Crippen LogP contribution in [0.5, 0.6) is 0 Å². The Kier molecular flexibility index (Phi) is 9.89. The van der Waals surface area contributed by atoms with Crippen LogP contribution in [0.1, 0.15) is 5.56 Å². The van der Waals surface area contributed by atoms with Gasteiger partial charge in [0.25, 0.3) is 0 Å². The van der Waals surface area contributed by atoms with Gasteiger partial charge in [-0.15, -0.1) is 0 Å². The maximum atomic E-state index is 14.2. The fourth-order valence-corrected chi connectivity index (χ4v) is 3.37. The van der Waals surface area contributed by atoms with E-state index in [2.05, 4.69) is 0 Å². The molecular weight excluding hydrogens is 423 g/mol. The van der Waals surface area contributed by atoms with Gasteiger partial charge in [-0.3, -0.25) is 24.2 Å². The number of nitrogens with zero attached hydrogens (tertiary/aromatic N) is 4. The smallest absolute Gasteiger partial charge is 0.323 e. The average molecular weight is 452 g/mol. The van der Waals surface area contributed by atoms with Crippen LogP contribution in [-0.2, 0) is 20.9 Å². The highest BCUT2D eigenvalue weighted by Crippen LogP contribution is 2.11. The van der Waals surface area contributed by atoms with Crippen molar-refractivity contribution in [2.24, 2.45) is 0 Å². The summed E-state index contributed by atoms with van der Waals surface area (Å²) in [6.45, 7) is 1.62. The van der Waals surface area contributed by atoms with Crippen LogP contribution in [0, 0.1) is 5.82 Å². The molecule has 0 aliphatic carbocycles. The molecule has 0 saturated heterocycles. The number of carboxylic acid groups (broad SMARTS) is 3. The summed E-state index contributed by atoms with van der Waals surface area (Å²) in [6.07, 6.45) is 3.04. The average Bonchev–Trinajstić information content (AvgIpc) is 2.70. The van der Waals surface area contributed by atoms with E-state index in [1.54, 1.807) is 28.0 Å². The maximum Gasteiger partial charge on any atom is 0.323 e. The van der Waals surface area contributed by atoms with Crippen molar-refractivity contribution in [3.8, 4) is 0 Å². The number of carbonyl (C=O) groups is 3. The highest BCUT2D eigenvalue weighted by atomic mass is 19.1. The number of aliphatic carboxylic acids is 3. The molecule has 0 aromatic heterocycles. The minimum atomic E-state index is -1.05. The predicted octanol–water partition coefficient (Wildman–Crippen LogP) is 0.272. The summed E-state index contributed by atoms with van der Waals surface area (Å²) in [5.41, 5.74) is 0.498. The van der Waals surface area contributed by atoms with E-state index in [4.69, 9.17) is 5.11 Å². The number of rotatable bonds is 8. The van der Waals surface area contributed by atoms with Crippen LogP contribution in [0.4, 0.5) is 4.39 Å². The first-order valence-corrected chi connectivity index (χ1v) is 10.2. The molecular formula is C21H29FN4O6. The Morgan fingerprint density at radius 2 is 1.19 bits per heavy atom. The first kappa shape index (κ1) is 25.1. The molecule has 1 aliphatic rings. The Balaban J connectivity index is 2.23. The van der Waals surface area contributed by atoms with Gasteiger partial charge in [0.1, 0.15) is 18.9 Å². The molecule has 0 bridgehead atoms. The minimum absolute atomic E-state index is 0.205. The zero-order valence-corrected chi connectivity index (χ0v) is 17.8. The Labute approximate surface area is 185 Å². The summed E-state index contributed by atoms with van der Waals surface area (Å²) in [7, 11) is 0. The largest absolute Gasteiger partial charge is 0.480 e. The summed E-state index contributed by atoms with van der Waals surface area (Å²) >= 11 is 0. The minimum Gasteiger partial charge on any atom is -0.480 e. The van der Waals surface area contributed by atoms with Crippen molar-refractivity contribution in [3.05, 3.63) is 48.0 Å². The van der Waals surface area contributed by atoms with Crippen LogP contribution in [0.15, 0.2) is 36.7 Å². The zero-order valence-electron chi connectivity index (χ0n) is 17.8. The van der Waals surface area contributed by atoms with Crippen molar-refractivity contribution < 1.29 is 34.1 Å². The third kappa shape index (κ3) is 9.31. The van der Waals surface area contributed by atoms with Gasteiger partial charge in [-0.1, -0.05) is 18.2 Å². The number of hydrogen-bond acceptors (Lipinski definition) is 7. The molecule has 0 unspecified atom stereocenters. The van der Waals surface area contributed by atoms with Crippen molar-refractivity contribution in [3.63, 3.8) is 0 Å². The van der Waals surface area contributed by atoms with E-state index in [1.165, 1.54) is 23.4 Å². The van der Waals surface area contributed by atoms with E-state index in [-0.39, 0.29) is 32.0 Å². The monoisotopic (exact) mass is 452 g/mol. The molecule has 1 aliphatic heterocycles. The lowest BCUT2D eigenvalue weighted by Crippen LogP contribution is -2.44. The van der Waals surface area contributed by atoms with E-state index >= 15 is 0 Å². The van der Waals surface area contributed by atoms with Crippen LogP contribution < -0.4 is 0 Å². The Morgan fingerprint density at radius 3 is 1.72 bits per heavy atom. The summed E-state index contributed by atoms with van der Waals surface area (Å²) in [5.74, 6) is -3.41. The van der Waals surface area contributed by atoms with Crippen LogP contribution >= 0.6 is 0 Å². The third-order valence-electron chi connectivity index (χ3n) is 5.01. The number of carboxylic acids is 3. The van der Waals surface area contributed by atoms with Crippen molar-refractivity contribution >= 4 is 17.9 Å². The fraction of sp³-hybridized carbons (Fsp3) is 0.476. The summed E-state index contributed by atoms with van der Waals surface area (Å²) in [6, 6.07) is 6.40. The zero-order chi connectivity index (χ0) is 23.5. The molecule has 32 heavy (non-hydrogen) atoms. The number of hydrogen-bond donors (Lipinski definition) is 3. The third-order valence-corrected chi connectivity index (χ3v) is 5.01. The van der Waals surface area contributed by atoms with Crippen LogP contribution in [0.25, 0.3) is 0 Å². The lowest BCUT2D eigenvalue weighted by molar-refractivity contribution is -0.139. The lowest BCUT2D eigenvalue weighted by atomic mass is 10.2. The molecule has 176 valence electrons. The van der Waals surface area contributed by atoms with Gasteiger partial charge >= 0.3 is 17.9 Å². The van der Waals surface area contributed by atoms with Crippen molar-refractivity contribution in [1.29, 1.82) is 0 Å². The predicted molar refractivity (Wildman–Crippen MR) is 113 cm³/mol. The molecule has 0 radical (unpaired) electrons. The SMILES string of the molecule is O=C(O)CN1/C=C\N(CC(=O)O)CCN(Cc2ccccc2F)CCN(CC(=O)O)CC1. The van der Waals surface area contributed by atoms with E-state index in [0.717, 1.165) is 0 Å². The molecule has 0 amide bonds. The second-order valence-electron chi connectivity index (χ2n) is 7.56. The Bertz CT molecular complexity index is 821. The summed E-state index contributed by atoms with van der Waals surface area (Å²) < 4.78 is 14.2. The van der Waals surface area contributed by atoms with E-state index in [0.29, 0.717) is 44.8 Å². The van der Waals surface area contributed by atoms with Gasteiger partial charge < -0.3 is 25.1 Å². The summed E-state index contributed by atoms with van der Waals surface area (Å²) in [5, 5.41) is 27.6. The van der Waals surface area contributed by atoms with Crippen molar-refractivity contribution in [1.82, 2.24) is 19.6 Å². The molecule has 3 N–H and O–H groups in total. The van der Waals surface area contributed by atoms with Gasteiger partial charge in [0, 0.05) is 63.8 Å². The van der Waals surface area contributed by atoms with Gasteiger partial charge in [-0.05, 0) is 6.07 Å². The maximum absolute atomic E-state index is 14.2. The Morgan fingerprint density at radius 1 is 0.719 bits per heavy atom. The molecule has 0 atom stereocenters. The molecule has 1 heterocycles. The van der Waals surface area contributed by atoms with Crippen LogP contribution in [0.2, 0.25) is 0 Å². The first-order valence-electron chi connectivity index (χ1n) is 10.2. The van der Waals surface area contributed by atoms with Crippen LogP contribution in [-0.4, -0.2) is 112 Å². The van der Waals surface area contributed by atoms with E-state index < -0.39 is 17.9 Å². The van der Waals surface area contributed by atoms with Crippen LogP contribution in [0.3, 0.4) is 0 Å². The summed E-state index contributed by atoms with van der Waals surface area (Å²) in [4.78, 5) is 40.4. The second kappa shape index (κ2) is 12.6. The topological polar surface area (TPSA) is 125 Å². The van der Waals surface area contributed by atoms with Gasteiger partial charge in [0.2, 0.25) is 0 Å². The lowest BCUT2D eigenvalue weighted by Gasteiger charge is -2.31. The fourth-order valence-electron chi connectivity index (χ4n) is 3.37. The van der Waals surface area contributed by atoms with Gasteiger partial charge in [0.15, 0.2) is 0 Å². The molecule has 0 fully saturated rings. The molecule has 11 heteroatoms. The quantitative estimate of drug-likeness (QED) is 0.506. The highest BCUT2D eigenvalue weighted by molar-refractivity contribution is 5.70. The molecule has 2 rings (SSSR count). The first-order chi connectivity index (χ1) is 15.2. The second-order valence-corrected chi connectivity index (χ2v) is 7.56. The van der Waals surface area contributed by atoms with E-state index in [9.17, 15) is 29.0 Å². The highest BCUT2D eigenvalue weighted by Gasteiger charge is 2.18.